The Balaban J connectivity index is 2.39. The fourth-order valence-electron chi connectivity index (χ4n) is 2.02. The average Bonchev–Trinajstić information content (AvgIpc) is 2.27. The molecule has 1 aliphatic rings. The molecule has 6 heteroatoms. The smallest absolute Gasteiger partial charge is 0.302 e. The Hall–Kier alpha value is -1.46. The summed E-state index contributed by atoms with van der Waals surface area (Å²) in [6.07, 6.45) is 1.70. The number of oxime groups is 1. The van der Waals surface area contributed by atoms with Crippen LogP contribution in [-0.2, 0) is 9.53 Å². The largest absolute Gasteiger partial charge is 0.463 e. The minimum Gasteiger partial charge on any atom is -0.463 e. The van der Waals surface area contributed by atoms with Crippen LogP contribution in [0.15, 0.2) is 5.16 Å². The molecule has 1 rings (SSSR count). The van der Waals surface area contributed by atoms with Crippen LogP contribution in [-0.4, -0.2) is 41.2 Å². The minimum atomic E-state index is -0.244. The van der Waals surface area contributed by atoms with E-state index in [1.54, 1.807) is 0 Å². The van der Waals surface area contributed by atoms with Crippen LogP contribution < -0.4 is 5.73 Å². The highest BCUT2D eigenvalue weighted by atomic mass is 16.5. The van der Waals surface area contributed by atoms with Crippen molar-refractivity contribution in [1.82, 2.24) is 4.90 Å². The Kier molecular flexibility index (Phi) is 4.39. The Morgan fingerprint density at radius 1 is 1.56 bits per heavy atom. The molecule has 3 N–H and O–H groups in total. The van der Waals surface area contributed by atoms with Gasteiger partial charge < -0.3 is 20.6 Å². The molecule has 1 atom stereocenters. The van der Waals surface area contributed by atoms with E-state index in [9.17, 15) is 4.79 Å². The zero-order chi connectivity index (χ0) is 12.1. The average molecular weight is 229 g/mol. The summed E-state index contributed by atoms with van der Waals surface area (Å²) < 4.78 is 5.14. The van der Waals surface area contributed by atoms with Crippen molar-refractivity contribution >= 4 is 11.9 Å². The number of carbonyl (C=O) groups is 1. The summed E-state index contributed by atoms with van der Waals surface area (Å²) in [5.74, 6) is 0.261. The molecule has 1 fully saturated rings. The van der Waals surface area contributed by atoms with Crippen LogP contribution in [0.4, 0.5) is 0 Å². The molecule has 0 radical (unpaired) electrons. The Labute approximate surface area is 95.0 Å². The molecule has 1 heterocycles. The van der Waals surface area contributed by atoms with Gasteiger partial charge in [0.25, 0.3) is 0 Å². The molecular weight excluding hydrogens is 210 g/mol. The summed E-state index contributed by atoms with van der Waals surface area (Å²) >= 11 is 0. The van der Waals surface area contributed by atoms with E-state index in [4.69, 9.17) is 15.7 Å². The maximum atomic E-state index is 10.8. The lowest BCUT2D eigenvalue weighted by Gasteiger charge is -2.34. The highest BCUT2D eigenvalue weighted by Gasteiger charge is 2.26. The van der Waals surface area contributed by atoms with Crippen LogP contribution in [0.1, 0.15) is 26.7 Å². The lowest BCUT2D eigenvalue weighted by molar-refractivity contribution is -0.148. The second-order valence-electron chi connectivity index (χ2n) is 4.10. The van der Waals surface area contributed by atoms with Gasteiger partial charge in [0.2, 0.25) is 5.96 Å². The van der Waals surface area contributed by atoms with E-state index in [0.717, 1.165) is 25.9 Å². The van der Waals surface area contributed by atoms with Crippen molar-refractivity contribution in [2.45, 2.75) is 32.8 Å². The summed E-state index contributed by atoms with van der Waals surface area (Å²) in [5.41, 5.74) is 5.49. The van der Waals surface area contributed by atoms with E-state index in [1.165, 1.54) is 6.92 Å². The first kappa shape index (κ1) is 12.6. The monoisotopic (exact) mass is 229 g/mol. The summed E-state index contributed by atoms with van der Waals surface area (Å²) in [6.45, 7) is 4.78. The van der Waals surface area contributed by atoms with Crippen molar-refractivity contribution in [3.05, 3.63) is 0 Å². The molecule has 6 nitrogen and oxygen atoms in total. The lowest BCUT2D eigenvalue weighted by Crippen LogP contribution is -2.44. The summed E-state index contributed by atoms with van der Waals surface area (Å²) in [6, 6.07) is 0. The normalized spacial score (nSPS) is 20.6. The second kappa shape index (κ2) is 5.58. The molecule has 0 bridgehead atoms. The predicted octanol–water partition coefficient (Wildman–Crippen LogP) is 0.354. The van der Waals surface area contributed by atoms with Gasteiger partial charge in [0.05, 0.1) is 0 Å². The van der Waals surface area contributed by atoms with Gasteiger partial charge in [-0.3, -0.25) is 4.79 Å². The highest BCUT2D eigenvalue weighted by Crippen LogP contribution is 2.22. The van der Waals surface area contributed by atoms with Crippen LogP contribution in [0.5, 0.6) is 0 Å². The standard InChI is InChI=1S/C10H19N3O3/c1-7(16-8(2)14)9-3-5-13(6-4-9)10(11)12-15/h7,9,15H,3-6H2,1-2H3,(H2,11,12). The number of hydrogen-bond acceptors (Lipinski definition) is 4. The third kappa shape index (κ3) is 3.29. The second-order valence-corrected chi connectivity index (χ2v) is 4.10. The van der Waals surface area contributed by atoms with Gasteiger partial charge in [-0.15, -0.1) is 0 Å². The van der Waals surface area contributed by atoms with Gasteiger partial charge in [-0.1, -0.05) is 5.16 Å². The van der Waals surface area contributed by atoms with Gasteiger partial charge in [0.15, 0.2) is 0 Å². The van der Waals surface area contributed by atoms with Gasteiger partial charge in [-0.25, -0.2) is 0 Å². The molecule has 16 heavy (non-hydrogen) atoms. The molecule has 0 saturated carbocycles. The number of hydrogen-bond donors (Lipinski definition) is 2. The number of nitrogens with two attached hydrogens (primary N) is 1. The van der Waals surface area contributed by atoms with Crippen LogP contribution in [0, 0.1) is 5.92 Å². The molecule has 1 aliphatic heterocycles. The minimum absolute atomic E-state index is 0.0630. The topological polar surface area (TPSA) is 88.2 Å². The number of nitrogens with zero attached hydrogens (tertiary/aromatic N) is 2. The van der Waals surface area contributed by atoms with Crippen LogP contribution in [0.25, 0.3) is 0 Å². The Morgan fingerprint density at radius 3 is 2.56 bits per heavy atom. The third-order valence-corrected chi connectivity index (χ3v) is 2.98. The number of rotatable bonds is 2. The summed E-state index contributed by atoms with van der Waals surface area (Å²) in [7, 11) is 0. The highest BCUT2D eigenvalue weighted by molar-refractivity contribution is 5.77. The first-order chi connectivity index (χ1) is 7.54. The molecular formula is C10H19N3O3. The van der Waals surface area contributed by atoms with Crippen LogP contribution in [0.3, 0.4) is 0 Å². The summed E-state index contributed by atoms with van der Waals surface area (Å²) in [5, 5.41) is 11.5. The van der Waals surface area contributed by atoms with Crippen molar-refractivity contribution in [3.8, 4) is 0 Å². The Bertz CT molecular complexity index is 272. The van der Waals surface area contributed by atoms with Crippen LogP contribution in [0.2, 0.25) is 0 Å². The first-order valence-corrected chi connectivity index (χ1v) is 5.44. The van der Waals surface area contributed by atoms with Gasteiger partial charge in [-0.2, -0.15) is 0 Å². The molecule has 0 aliphatic carbocycles. The van der Waals surface area contributed by atoms with Crippen LogP contribution >= 0.6 is 0 Å². The number of ether oxygens (including phenoxy) is 1. The summed E-state index contributed by atoms with van der Waals surface area (Å²) in [4.78, 5) is 12.6. The maximum Gasteiger partial charge on any atom is 0.302 e. The van der Waals surface area contributed by atoms with E-state index < -0.39 is 0 Å². The SMILES string of the molecule is CC(=O)OC(C)C1CCN(C(N)=NO)CC1. The molecule has 0 spiro atoms. The zero-order valence-electron chi connectivity index (χ0n) is 9.72. The molecule has 92 valence electrons. The molecule has 1 saturated heterocycles. The van der Waals surface area contributed by atoms with Gasteiger partial charge in [0, 0.05) is 20.0 Å². The molecule has 0 aromatic carbocycles. The fourth-order valence-corrected chi connectivity index (χ4v) is 2.02. The number of likely N-dealkylation sites (tertiary alicyclic amines) is 1. The fraction of sp³-hybridized carbons (Fsp3) is 0.800. The third-order valence-electron chi connectivity index (χ3n) is 2.98. The number of guanidine groups is 1. The van der Waals surface area contributed by atoms with E-state index in [2.05, 4.69) is 5.16 Å². The van der Waals surface area contributed by atoms with Crippen molar-refractivity contribution in [2.75, 3.05) is 13.1 Å². The van der Waals surface area contributed by atoms with Gasteiger partial charge >= 0.3 is 5.97 Å². The van der Waals surface area contributed by atoms with E-state index in [1.807, 2.05) is 11.8 Å². The van der Waals surface area contributed by atoms with Crippen molar-refractivity contribution < 1.29 is 14.7 Å². The predicted molar refractivity (Wildman–Crippen MR) is 58.9 cm³/mol. The van der Waals surface area contributed by atoms with E-state index in [-0.39, 0.29) is 18.0 Å². The maximum absolute atomic E-state index is 10.8. The van der Waals surface area contributed by atoms with Crippen molar-refractivity contribution in [1.29, 1.82) is 0 Å². The zero-order valence-corrected chi connectivity index (χ0v) is 9.72. The first-order valence-electron chi connectivity index (χ1n) is 5.44. The number of esters is 1. The van der Waals surface area contributed by atoms with Crippen molar-refractivity contribution in [3.63, 3.8) is 0 Å². The number of carbonyl (C=O) groups excluding carboxylic acids is 1. The Morgan fingerprint density at radius 2 is 2.12 bits per heavy atom. The van der Waals surface area contributed by atoms with Crippen molar-refractivity contribution in [2.24, 2.45) is 16.8 Å². The number of piperidine rings is 1. The van der Waals surface area contributed by atoms with Gasteiger partial charge in [0.1, 0.15) is 6.10 Å². The van der Waals surface area contributed by atoms with E-state index >= 15 is 0 Å². The van der Waals surface area contributed by atoms with E-state index in [0.29, 0.717) is 5.92 Å². The molecule has 0 aromatic rings. The molecule has 0 aromatic heterocycles. The van der Waals surface area contributed by atoms with Gasteiger partial charge in [-0.05, 0) is 25.7 Å². The molecule has 1 unspecified atom stereocenters. The molecule has 0 amide bonds. The quantitative estimate of drug-likeness (QED) is 0.234. The lowest BCUT2D eigenvalue weighted by atomic mass is 9.92.